The molecule has 5 heteroatoms. The molecule has 0 bridgehead atoms. The van der Waals surface area contributed by atoms with E-state index in [-0.39, 0.29) is 11.9 Å². The Bertz CT molecular complexity index is 911. The topological polar surface area (TPSA) is 68.0 Å². The predicted molar refractivity (Wildman–Crippen MR) is 102 cm³/mol. The summed E-state index contributed by atoms with van der Waals surface area (Å²) < 4.78 is 5.56. The third-order valence-electron chi connectivity index (χ3n) is 4.46. The van der Waals surface area contributed by atoms with Gasteiger partial charge in [-0.2, -0.15) is 0 Å². The molecule has 0 unspecified atom stereocenters. The quantitative estimate of drug-likeness (QED) is 0.728. The van der Waals surface area contributed by atoms with Crippen LogP contribution >= 0.6 is 0 Å². The number of aromatic nitrogens is 2. The van der Waals surface area contributed by atoms with Gasteiger partial charge in [0.25, 0.3) is 5.91 Å². The fourth-order valence-electron chi connectivity index (χ4n) is 2.62. The molecule has 0 radical (unpaired) electrons. The zero-order valence-corrected chi connectivity index (χ0v) is 15.5. The molecule has 0 aliphatic rings. The van der Waals surface area contributed by atoms with Crippen LogP contribution in [0.25, 0.3) is 0 Å². The molecule has 1 N–H and O–H groups in total. The van der Waals surface area contributed by atoms with Crippen molar-refractivity contribution in [3.63, 3.8) is 0 Å². The summed E-state index contributed by atoms with van der Waals surface area (Å²) in [7, 11) is 0. The molecule has 134 valence electrons. The number of hydrogen-bond acceptors (Lipinski definition) is 4. The number of amides is 1. The maximum atomic E-state index is 12.3. The van der Waals surface area contributed by atoms with E-state index >= 15 is 0 Å². The normalized spacial score (nSPS) is 11.0. The lowest BCUT2D eigenvalue weighted by atomic mass is 10.0. The van der Waals surface area contributed by atoms with E-state index in [2.05, 4.69) is 53.6 Å². The first-order valence-electron chi connectivity index (χ1n) is 8.72. The van der Waals surface area contributed by atoms with Crippen molar-refractivity contribution < 1.29 is 9.21 Å². The maximum absolute atomic E-state index is 12.3. The highest BCUT2D eigenvalue weighted by atomic mass is 16.4. The van der Waals surface area contributed by atoms with Crippen molar-refractivity contribution >= 4 is 11.9 Å². The largest absolute Gasteiger partial charge is 0.407 e. The van der Waals surface area contributed by atoms with Gasteiger partial charge in [0.1, 0.15) is 0 Å². The molecule has 0 atom stereocenters. The van der Waals surface area contributed by atoms with Crippen LogP contribution in [0.3, 0.4) is 0 Å². The van der Waals surface area contributed by atoms with Crippen molar-refractivity contribution in [2.45, 2.75) is 40.0 Å². The van der Waals surface area contributed by atoms with E-state index in [9.17, 15) is 4.79 Å². The summed E-state index contributed by atoms with van der Waals surface area (Å²) >= 11 is 0. The Kier molecular flexibility index (Phi) is 5.16. The van der Waals surface area contributed by atoms with Crippen LogP contribution in [0.15, 0.2) is 46.9 Å². The minimum atomic E-state index is -0.260. The molecule has 0 fully saturated rings. The number of carbonyl (C=O) groups excluding carboxylic acids is 1. The van der Waals surface area contributed by atoms with Crippen molar-refractivity contribution in [2.75, 3.05) is 5.32 Å². The molecule has 1 aromatic heterocycles. The number of anilines is 1. The summed E-state index contributed by atoms with van der Waals surface area (Å²) in [5.41, 5.74) is 5.15. The Morgan fingerprint density at radius 2 is 1.77 bits per heavy atom. The summed E-state index contributed by atoms with van der Waals surface area (Å²) in [6, 6.07) is 14.0. The van der Waals surface area contributed by atoms with Crippen LogP contribution in [0.4, 0.5) is 6.01 Å². The standard InChI is InChI=1S/C21H23N3O2/c1-13(2)17-9-6-16(7-10-17)12-19-23-24-21(26-19)22-20(25)18-8-5-14(3)15(4)11-18/h5-11,13H,12H2,1-4H3,(H,22,24,25). The molecule has 3 aromatic rings. The smallest absolute Gasteiger partial charge is 0.322 e. The molecule has 0 aliphatic heterocycles. The highest BCUT2D eigenvalue weighted by Gasteiger charge is 2.13. The summed E-state index contributed by atoms with van der Waals surface area (Å²) in [6.45, 7) is 8.31. The van der Waals surface area contributed by atoms with Crippen molar-refractivity contribution in [1.82, 2.24) is 10.2 Å². The lowest BCUT2D eigenvalue weighted by Crippen LogP contribution is -2.12. The van der Waals surface area contributed by atoms with Gasteiger partial charge in [0.2, 0.25) is 5.89 Å². The Hall–Kier alpha value is -2.95. The average molecular weight is 349 g/mol. The molecule has 0 saturated heterocycles. The zero-order valence-electron chi connectivity index (χ0n) is 15.5. The minimum absolute atomic E-state index is 0.113. The number of carbonyl (C=O) groups is 1. The number of hydrogen-bond donors (Lipinski definition) is 1. The molecular weight excluding hydrogens is 326 g/mol. The highest BCUT2D eigenvalue weighted by Crippen LogP contribution is 2.17. The van der Waals surface area contributed by atoms with Crippen molar-refractivity contribution in [1.29, 1.82) is 0 Å². The van der Waals surface area contributed by atoms with E-state index < -0.39 is 0 Å². The van der Waals surface area contributed by atoms with Crippen LogP contribution in [-0.2, 0) is 6.42 Å². The second-order valence-electron chi connectivity index (χ2n) is 6.83. The molecular formula is C21H23N3O2. The van der Waals surface area contributed by atoms with Crippen molar-refractivity contribution in [3.05, 3.63) is 76.2 Å². The maximum Gasteiger partial charge on any atom is 0.322 e. The molecule has 0 saturated carbocycles. The zero-order chi connectivity index (χ0) is 18.7. The van der Waals surface area contributed by atoms with Gasteiger partial charge in [-0.3, -0.25) is 10.1 Å². The second kappa shape index (κ2) is 7.52. The van der Waals surface area contributed by atoms with Gasteiger partial charge in [-0.25, -0.2) is 0 Å². The van der Waals surface area contributed by atoms with E-state index in [1.165, 1.54) is 5.56 Å². The summed E-state index contributed by atoms with van der Waals surface area (Å²) in [5, 5.41) is 10.6. The average Bonchev–Trinajstić information content (AvgIpc) is 3.04. The van der Waals surface area contributed by atoms with E-state index in [0.29, 0.717) is 23.8 Å². The number of nitrogens with zero attached hydrogens (tertiary/aromatic N) is 2. The first-order chi connectivity index (χ1) is 12.4. The summed E-state index contributed by atoms with van der Waals surface area (Å²) in [6.07, 6.45) is 0.533. The predicted octanol–water partition coefficient (Wildman–Crippen LogP) is 4.65. The van der Waals surface area contributed by atoms with Gasteiger partial charge in [-0.1, -0.05) is 49.3 Å². The van der Waals surface area contributed by atoms with Gasteiger partial charge in [0.05, 0.1) is 6.42 Å². The third-order valence-corrected chi connectivity index (χ3v) is 4.46. The summed E-state index contributed by atoms with van der Waals surface area (Å²) in [4.78, 5) is 12.3. The second-order valence-corrected chi connectivity index (χ2v) is 6.83. The number of aryl methyl sites for hydroxylation is 2. The Labute approximate surface area is 153 Å². The number of rotatable bonds is 5. The molecule has 5 nitrogen and oxygen atoms in total. The number of benzene rings is 2. The Morgan fingerprint density at radius 3 is 2.42 bits per heavy atom. The van der Waals surface area contributed by atoms with Gasteiger partial charge >= 0.3 is 6.01 Å². The molecule has 1 amide bonds. The molecule has 3 rings (SSSR count). The first-order valence-corrected chi connectivity index (χ1v) is 8.72. The van der Waals surface area contributed by atoms with Crippen LogP contribution in [-0.4, -0.2) is 16.1 Å². The van der Waals surface area contributed by atoms with E-state index in [0.717, 1.165) is 16.7 Å². The van der Waals surface area contributed by atoms with Crippen LogP contribution in [0.5, 0.6) is 0 Å². The van der Waals surface area contributed by atoms with Gasteiger partial charge in [0, 0.05) is 5.56 Å². The van der Waals surface area contributed by atoms with Crippen LogP contribution in [0.1, 0.15) is 58.3 Å². The fraction of sp³-hybridized carbons (Fsp3) is 0.286. The lowest BCUT2D eigenvalue weighted by molar-refractivity contribution is 0.102. The fourth-order valence-corrected chi connectivity index (χ4v) is 2.62. The summed E-state index contributed by atoms with van der Waals surface area (Å²) in [5.74, 6) is 0.710. The Morgan fingerprint density at radius 1 is 1.04 bits per heavy atom. The van der Waals surface area contributed by atoms with Gasteiger partial charge in [-0.05, 0) is 54.2 Å². The Balaban J connectivity index is 1.65. The minimum Gasteiger partial charge on any atom is -0.407 e. The number of nitrogens with one attached hydrogen (secondary N) is 1. The van der Waals surface area contributed by atoms with Crippen molar-refractivity contribution in [2.24, 2.45) is 0 Å². The molecule has 1 heterocycles. The SMILES string of the molecule is Cc1ccc(C(=O)Nc2nnc(Cc3ccc(C(C)C)cc3)o2)cc1C. The third kappa shape index (κ3) is 4.17. The van der Waals surface area contributed by atoms with Crippen LogP contribution < -0.4 is 5.32 Å². The van der Waals surface area contributed by atoms with E-state index in [1.807, 2.05) is 26.0 Å². The monoisotopic (exact) mass is 349 g/mol. The van der Waals surface area contributed by atoms with Crippen LogP contribution in [0.2, 0.25) is 0 Å². The molecule has 0 spiro atoms. The van der Waals surface area contributed by atoms with E-state index in [4.69, 9.17) is 4.42 Å². The first kappa shape index (κ1) is 17.9. The van der Waals surface area contributed by atoms with Gasteiger partial charge in [-0.15, -0.1) is 5.10 Å². The van der Waals surface area contributed by atoms with Gasteiger partial charge in [0.15, 0.2) is 0 Å². The molecule has 2 aromatic carbocycles. The molecule has 26 heavy (non-hydrogen) atoms. The lowest BCUT2D eigenvalue weighted by Gasteiger charge is -2.05. The highest BCUT2D eigenvalue weighted by molar-refractivity contribution is 6.03. The van der Waals surface area contributed by atoms with Gasteiger partial charge < -0.3 is 4.42 Å². The van der Waals surface area contributed by atoms with Crippen LogP contribution in [0, 0.1) is 13.8 Å². The van der Waals surface area contributed by atoms with E-state index in [1.54, 1.807) is 6.07 Å². The molecule has 0 aliphatic carbocycles. The van der Waals surface area contributed by atoms with Crippen molar-refractivity contribution in [3.8, 4) is 0 Å².